The zero-order valence-corrected chi connectivity index (χ0v) is 11.6. The quantitative estimate of drug-likeness (QED) is 0.561. The average molecular weight is 265 g/mol. The van der Waals surface area contributed by atoms with E-state index in [1.807, 2.05) is 0 Å². The third-order valence-electron chi connectivity index (χ3n) is 1.70. The molecule has 2 amide bonds. The van der Waals surface area contributed by atoms with Gasteiger partial charge in [0.25, 0.3) is 11.8 Å². The fourth-order valence-electron chi connectivity index (χ4n) is 1.14. The van der Waals surface area contributed by atoms with Crippen LogP contribution in [0, 0.1) is 0 Å². The van der Waals surface area contributed by atoms with Crippen LogP contribution in [0.2, 0.25) is 0 Å². The molecule has 0 aliphatic carbocycles. The standard InChI is InChI=1S/C8H4BrNO2.K/c9-4-1-2-5-6(3-4)8(12)10-7(5)11;/h1-3H,(H,10,11,12);. The Balaban J connectivity index is 0.000000845. The molecule has 1 radical (unpaired) electrons. The van der Waals surface area contributed by atoms with Crippen molar-refractivity contribution in [1.82, 2.24) is 5.32 Å². The van der Waals surface area contributed by atoms with Crippen molar-refractivity contribution in [2.75, 3.05) is 0 Å². The van der Waals surface area contributed by atoms with E-state index in [9.17, 15) is 9.59 Å². The number of halogens is 1. The molecule has 1 aromatic carbocycles. The Morgan fingerprint density at radius 2 is 1.69 bits per heavy atom. The molecule has 0 saturated carbocycles. The predicted molar refractivity (Wildman–Crippen MR) is 51.7 cm³/mol. The van der Waals surface area contributed by atoms with Crippen molar-refractivity contribution in [2.24, 2.45) is 0 Å². The summed E-state index contributed by atoms with van der Waals surface area (Å²) in [4.78, 5) is 22.1. The van der Waals surface area contributed by atoms with Gasteiger partial charge in [-0.05, 0) is 18.2 Å². The van der Waals surface area contributed by atoms with Crippen molar-refractivity contribution >= 4 is 79.1 Å². The molecule has 3 nitrogen and oxygen atoms in total. The molecule has 0 spiro atoms. The first-order valence-electron chi connectivity index (χ1n) is 3.34. The van der Waals surface area contributed by atoms with E-state index in [0.29, 0.717) is 11.1 Å². The van der Waals surface area contributed by atoms with Crippen LogP contribution in [-0.4, -0.2) is 63.2 Å². The Bertz CT molecular complexity index is 392. The molecule has 13 heavy (non-hydrogen) atoms. The minimum absolute atomic E-state index is 0. The van der Waals surface area contributed by atoms with Gasteiger partial charge in [-0.1, -0.05) is 15.9 Å². The van der Waals surface area contributed by atoms with Gasteiger partial charge in [0, 0.05) is 55.9 Å². The molecule has 0 unspecified atom stereocenters. The molecule has 1 heterocycles. The molecule has 1 aliphatic rings. The summed E-state index contributed by atoms with van der Waals surface area (Å²) < 4.78 is 0.797. The molecule has 0 aromatic heterocycles. The number of amides is 2. The maximum absolute atomic E-state index is 11.1. The number of benzene rings is 1. The number of carbonyl (C=O) groups is 2. The van der Waals surface area contributed by atoms with Crippen LogP contribution in [0.1, 0.15) is 20.7 Å². The van der Waals surface area contributed by atoms with E-state index < -0.39 is 0 Å². The van der Waals surface area contributed by atoms with Crippen molar-refractivity contribution in [2.45, 2.75) is 0 Å². The fraction of sp³-hybridized carbons (Fsp3) is 0. The van der Waals surface area contributed by atoms with Crippen LogP contribution in [0.25, 0.3) is 0 Å². The first-order valence-corrected chi connectivity index (χ1v) is 4.13. The molecular formula is C8H4BrKNO2. The summed E-state index contributed by atoms with van der Waals surface area (Å²) in [5.74, 6) is -0.640. The van der Waals surface area contributed by atoms with Gasteiger partial charge < -0.3 is 0 Å². The zero-order valence-electron chi connectivity index (χ0n) is 6.93. The van der Waals surface area contributed by atoms with Gasteiger partial charge in [0.2, 0.25) is 0 Å². The number of nitrogens with one attached hydrogen (secondary N) is 1. The van der Waals surface area contributed by atoms with Crippen LogP contribution < -0.4 is 5.32 Å². The molecule has 2 rings (SSSR count). The number of hydrogen-bond acceptors (Lipinski definition) is 2. The van der Waals surface area contributed by atoms with E-state index in [1.54, 1.807) is 18.2 Å². The summed E-state index contributed by atoms with van der Waals surface area (Å²) in [6.45, 7) is 0. The van der Waals surface area contributed by atoms with Crippen molar-refractivity contribution in [3.63, 3.8) is 0 Å². The summed E-state index contributed by atoms with van der Waals surface area (Å²) in [7, 11) is 0. The van der Waals surface area contributed by atoms with E-state index in [-0.39, 0.29) is 63.2 Å². The third kappa shape index (κ3) is 2.11. The number of imide groups is 1. The second-order valence-electron chi connectivity index (χ2n) is 2.47. The molecule has 0 bridgehead atoms. The molecule has 0 atom stereocenters. The molecule has 61 valence electrons. The smallest absolute Gasteiger partial charge is 0.258 e. The third-order valence-corrected chi connectivity index (χ3v) is 2.19. The van der Waals surface area contributed by atoms with Gasteiger partial charge >= 0.3 is 0 Å². The Morgan fingerprint density at radius 1 is 1.08 bits per heavy atom. The predicted octanol–water partition coefficient (Wildman–Crippen LogP) is 0.952. The Hall–Kier alpha value is 0.476. The fourth-order valence-corrected chi connectivity index (χ4v) is 1.50. The topological polar surface area (TPSA) is 46.2 Å². The van der Waals surface area contributed by atoms with Crippen LogP contribution in [0.15, 0.2) is 22.7 Å². The van der Waals surface area contributed by atoms with Gasteiger partial charge in [0.05, 0.1) is 11.1 Å². The molecule has 5 heteroatoms. The number of hydrogen-bond donors (Lipinski definition) is 1. The van der Waals surface area contributed by atoms with Gasteiger partial charge in [-0.3, -0.25) is 14.9 Å². The summed E-state index contributed by atoms with van der Waals surface area (Å²) in [6, 6.07) is 4.99. The van der Waals surface area contributed by atoms with Gasteiger partial charge in [-0.25, -0.2) is 0 Å². The van der Waals surface area contributed by atoms with Crippen LogP contribution in [-0.2, 0) is 0 Å². The molecule has 0 saturated heterocycles. The summed E-state index contributed by atoms with van der Waals surface area (Å²) >= 11 is 3.22. The van der Waals surface area contributed by atoms with Crippen molar-refractivity contribution in [3.8, 4) is 0 Å². The van der Waals surface area contributed by atoms with Crippen LogP contribution in [0.3, 0.4) is 0 Å². The van der Waals surface area contributed by atoms with Gasteiger partial charge in [-0.2, -0.15) is 0 Å². The normalized spacial score (nSPS) is 13.3. The first kappa shape index (κ1) is 11.6. The molecular weight excluding hydrogens is 261 g/mol. The minimum atomic E-state index is -0.323. The molecule has 1 N–H and O–H groups in total. The van der Waals surface area contributed by atoms with Gasteiger partial charge in [0.15, 0.2) is 0 Å². The van der Waals surface area contributed by atoms with Crippen molar-refractivity contribution in [3.05, 3.63) is 33.8 Å². The van der Waals surface area contributed by atoms with E-state index in [1.165, 1.54) is 0 Å². The second-order valence-corrected chi connectivity index (χ2v) is 3.39. The largest absolute Gasteiger partial charge is 0.288 e. The second kappa shape index (κ2) is 4.33. The SMILES string of the molecule is O=C1NC(=O)c2cc(Br)ccc21.[K]. The van der Waals surface area contributed by atoms with Crippen LogP contribution >= 0.6 is 15.9 Å². The Kier molecular flexibility index (Phi) is 3.85. The van der Waals surface area contributed by atoms with E-state index in [0.717, 1.165) is 4.47 Å². The maximum atomic E-state index is 11.1. The monoisotopic (exact) mass is 264 g/mol. The van der Waals surface area contributed by atoms with Gasteiger partial charge in [0.1, 0.15) is 0 Å². The molecule has 1 aliphatic heterocycles. The minimum Gasteiger partial charge on any atom is -0.288 e. The number of fused-ring (bicyclic) bond motifs is 1. The van der Waals surface area contributed by atoms with Gasteiger partial charge in [-0.15, -0.1) is 0 Å². The van der Waals surface area contributed by atoms with E-state index in [4.69, 9.17) is 0 Å². The van der Waals surface area contributed by atoms with Crippen molar-refractivity contribution < 1.29 is 9.59 Å². The maximum Gasteiger partial charge on any atom is 0.258 e. The summed E-state index contributed by atoms with van der Waals surface area (Å²) in [5.41, 5.74) is 0.887. The van der Waals surface area contributed by atoms with Crippen LogP contribution in [0.5, 0.6) is 0 Å². The summed E-state index contributed by atoms with van der Waals surface area (Å²) in [6.07, 6.45) is 0. The molecule has 1 aromatic rings. The average Bonchev–Trinajstić information content (AvgIpc) is 2.28. The van der Waals surface area contributed by atoms with E-state index >= 15 is 0 Å². The molecule has 0 fully saturated rings. The van der Waals surface area contributed by atoms with Crippen LogP contribution in [0.4, 0.5) is 0 Å². The van der Waals surface area contributed by atoms with E-state index in [2.05, 4.69) is 21.2 Å². The first-order chi connectivity index (χ1) is 5.68. The Morgan fingerprint density at radius 3 is 2.38 bits per heavy atom. The number of rotatable bonds is 0. The zero-order chi connectivity index (χ0) is 8.72. The van der Waals surface area contributed by atoms with Crippen molar-refractivity contribution in [1.29, 1.82) is 0 Å². The summed E-state index contributed by atoms with van der Waals surface area (Å²) in [5, 5.41) is 2.21. The number of carbonyl (C=O) groups excluding carboxylic acids is 2. The Labute approximate surface area is 126 Å².